The molecule has 20 heavy (non-hydrogen) atoms. The zero-order chi connectivity index (χ0) is 14.7. The number of fused-ring (bicyclic) bond motifs is 1. The molecule has 0 spiro atoms. The van der Waals surface area contributed by atoms with Gasteiger partial charge in [-0.05, 0) is 24.6 Å². The minimum Gasteiger partial charge on any atom is -0.480 e. The number of hydrogen-bond donors (Lipinski definition) is 1. The van der Waals surface area contributed by atoms with Gasteiger partial charge in [-0.15, -0.1) is 0 Å². The lowest BCUT2D eigenvalue weighted by atomic mass is 10.1. The molecule has 1 N–H and O–H groups in total. The Morgan fingerprint density at radius 3 is 2.80 bits per heavy atom. The van der Waals surface area contributed by atoms with Crippen LogP contribution in [0.1, 0.15) is 23.7 Å². The van der Waals surface area contributed by atoms with Gasteiger partial charge in [0.2, 0.25) is 0 Å². The van der Waals surface area contributed by atoms with Gasteiger partial charge in [0.05, 0.1) is 17.4 Å². The summed E-state index contributed by atoms with van der Waals surface area (Å²) in [5.41, 5.74) is 2.12. The van der Waals surface area contributed by atoms with Crippen molar-refractivity contribution in [1.29, 1.82) is 0 Å². The molecule has 1 heterocycles. The topological polar surface area (TPSA) is 75.4 Å². The van der Waals surface area contributed by atoms with Gasteiger partial charge < -0.3 is 14.6 Å². The van der Waals surface area contributed by atoms with Crippen LogP contribution in [-0.4, -0.2) is 44.5 Å². The molecule has 1 aromatic heterocycles. The first-order chi connectivity index (χ1) is 9.52. The highest BCUT2D eigenvalue weighted by molar-refractivity contribution is 5.98. The van der Waals surface area contributed by atoms with Crippen LogP contribution in [0.3, 0.4) is 0 Å². The minimum atomic E-state index is -1.01. The highest BCUT2D eigenvalue weighted by Gasteiger charge is 2.18. The molecule has 0 aliphatic carbocycles. The van der Waals surface area contributed by atoms with E-state index in [1.807, 2.05) is 24.6 Å². The number of carbonyl (C=O) groups is 2. The minimum absolute atomic E-state index is 0.276. The van der Waals surface area contributed by atoms with Crippen LogP contribution in [0.5, 0.6) is 0 Å². The summed E-state index contributed by atoms with van der Waals surface area (Å²) in [6.45, 7) is 2.04. The van der Waals surface area contributed by atoms with Crippen molar-refractivity contribution >= 4 is 22.9 Å². The monoisotopic (exact) mass is 275 g/mol. The fourth-order valence-electron chi connectivity index (χ4n) is 2.14. The number of aryl methyl sites for hydroxylation is 1. The maximum atomic E-state index is 12.3. The summed E-state index contributed by atoms with van der Waals surface area (Å²) >= 11 is 0. The van der Waals surface area contributed by atoms with E-state index >= 15 is 0 Å². The zero-order valence-corrected chi connectivity index (χ0v) is 11.5. The third kappa shape index (κ3) is 2.79. The number of amides is 1. The summed E-state index contributed by atoms with van der Waals surface area (Å²) in [5.74, 6) is -1.28. The molecule has 0 fully saturated rings. The second-order valence-electron chi connectivity index (χ2n) is 4.68. The van der Waals surface area contributed by atoms with Gasteiger partial charge in [-0.2, -0.15) is 0 Å². The Morgan fingerprint density at radius 1 is 1.40 bits per heavy atom. The summed E-state index contributed by atoms with van der Waals surface area (Å²) in [7, 11) is 1.88. The number of nitrogens with zero attached hydrogens (tertiary/aromatic N) is 3. The van der Waals surface area contributed by atoms with Gasteiger partial charge >= 0.3 is 5.97 Å². The predicted molar refractivity (Wildman–Crippen MR) is 74.5 cm³/mol. The van der Waals surface area contributed by atoms with Gasteiger partial charge in [0.15, 0.2) is 0 Å². The van der Waals surface area contributed by atoms with Crippen LogP contribution in [0.15, 0.2) is 24.5 Å². The smallest absolute Gasteiger partial charge is 0.323 e. The zero-order valence-electron chi connectivity index (χ0n) is 11.5. The number of hydrogen-bond acceptors (Lipinski definition) is 3. The number of benzene rings is 1. The van der Waals surface area contributed by atoms with Crippen molar-refractivity contribution in [3.05, 3.63) is 30.1 Å². The number of aromatic nitrogens is 2. The Labute approximate surface area is 116 Å². The van der Waals surface area contributed by atoms with Crippen molar-refractivity contribution in [3.8, 4) is 0 Å². The summed E-state index contributed by atoms with van der Waals surface area (Å²) in [4.78, 5) is 28.7. The van der Waals surface area contributed by atoms with Gasteiger partial charge in [0.25, 0.3) is 5.91 Å². The Balaban J connectivity index is 2.30. The fraction of sp³-hybridized carbons (Fsp3) is 0.357. The van der Waals surface area contributed by atoms with E-state index < -0.39 is 5.97 Å². The highest BCUT2D eigenvalue weighted by atomic mass is 16.4. The lowest BCUT2D eigenvalue weighted by molar-refractivity contribution is -0.137. The van der Waals surface area contributed by atoms with Gasteiger partial charge in [-0.3, -0.25) is 9.59 Å². The van der Waals surface area contributed by atoms with Crippen LogP contribution in [0.25, 0.3) is 11.0 Å². The first-order valence-electron chi connectivity index (χ1n) is 6.45. The molecule has 1 amide bonds. The Kier molecular flexibility index (Phi) is 4.02. The average Bonchev–Trinajstić information content (AvgIpc) is 2.78. The number of rotatable bonds is 5. The number of carbonyl (C=O) groups excluding carboxylic acids is 1. The Bertz CT molecular complexity index is 648. The van der Waals surface area contributed by atoms with Gasteiger partial charge in [0, 0.05) is 19.2 Å². The molecule has 0 radical (unpaired) electrons. The number of imidazole rings is 1. The summed E-state index contributed by atoms with van der Waals surface area (Å²) in [6, 6.07) is 5.22. The molecule has 6 heteroatoms. The highest BCUT2D eigenvalue weighted by Crippen LogP contribution is 2.15. The molecule has 1 aromatic carbocycles. The van der Waals surface area contributed by atoms with E-state index in [9.17, 15) is 9.59 Å². The summed E-state index contributed by atoms with van der Waals surface area (Å²) in [6.07, 6.45) is 2.39. The fourth-order valence-corrected chi connectivity index (χ4v) is 2.14. The molecule has 0 aliphatic heterocycles. The first kappa shape index (κ1) is 14.0. The molecular weight excluding hydrogens is 258 g/mol. The van der Waals surface area contributed by atoms with Crippen LogP contribution in [-0.2, 0) is 11.8 Å². The molecule has 0 atom stereocenters. The van der Waals surface area contributed by atoms with Crippen molar-refractivity contribution in [1.82, 2.24) is 14.5 Å². The van der Waals surface area contributed by atoms with Crippen molar-refractivity contribution in [2.24, 2.45) is 7.05 Å². The van der Waals surface area contributed by atoms with Crippen LogP contribution in [0, 0.1) is 0 Å². The molecule has 106 valence electrons. The molecule has 0 bridgehead atoms. The third-order valence-corrected chi connectivity index (χ3v) is 3.08. The van der Waals surface area contributed by atoms with Crippen LogP contribution < -0.4 is 0 Å². The molecular formula is C14H17N3O3. The predicted octanol–water partition coefficient (Wildman–Crippen LogP) is 1.51. The van der Waals surface area contributed by atoms with Gasteiger partial charge in [-0.1, -0.05) is 6.92 Å². The second-order valence-corrected chi connectivity index (χ2v) is 4.68. The lowest BCUT2D eigenvalue weighted by Crippen LogP contribution is -2.36. The maximum absolute atomic E-state index is 12.3. The Morgan fingerprint density at radius 2 is 2.15 bits per heavy atom. The Hall–Kier alpha value is -2.37. The maximum Gasteiger partial charge on any atom is 0.323 e. The standard InChI is InChI=1S/C14H17N3O3/c1-3-6-17(8-13(18)19)14(20)10-4-5-12-11(7-10)15-9-16(12)2/h4-5,7,9H,3,6,8H2,1-2H3,(H,18,19). The summed E-state index contributed by atoms with van der Waals surface area (Å²) < 4.78 is 1.87. The molecule has 2 aromatic rings. The van der Waals surface area contributed by atoms with Gasteiger partial charge in [0.1, 0.15) is 6.54 Å². The number of carboxylic acids is 1. The first-order valence-corrected chi connectivity index (χ1v) is 6.45. The molecule has 6 nitrogen and oxygen atoms in total. The van der Waals surface area contributed by atoms with Crippen molar-refractivity contribution in [2.45, 2.75) is 13.3 Å². The molecule has 0 saturated heterocycles. The normalized spacial score (nSPS) is 10.7. The van der Waals surface area contributed by atoms with E-state index in [2.05, 4.69) is 4.98 Å². The molecule has 2 rings (SSSR count). The summed E-state index contributed by atoms with van der Waals surface area (Å²) in [5, 5.41) is 8.87. The van der Waals surface area contributed by atoms with E-state index in [0.29, 0.717) is 18.5 Å². The number of carboxylic acid groups (broad SMARTS) is 1. The molecule has 0 aliphatic rings. The van der Waals surface area contributed by atoms with Crippen molar-refractivity contribution in [3.63, 3.8) is 0 Å². The van der Waals surface area contributed by atoms with Crippen LogP contribution >= 0.6 is 0 Å². The van der Waals surface area contributed by atoms with E-state index in [1.165, 1.54) is 4.90 Å². The van der Waals surface area contributed by atoms with Crippen LogP contribution in [0.4, 0.5) is 0 Å². The van der Waals surface area contributed by atoms with E-state index in [4.69, 9.17) is 5.11 Å². The molecule has 0 unspecified atom stereocenters. The average molecular weight is 275 g/mol. The third-order valence-electron chi connectivity index (χ3n) is 3.08. The van der Waals surface area contributed by atoms with E-state index in [0.717, 1.165) is 11.0 Å². The van der Waals surface area contributed by atoms with E-state index in [1.54, 1.807) is 18.5 Å². The van der Waals surface area contributed by atoms with Crippen molar-refractivity contribution < 1.29 is 14.7 Å². The number of aliphatic carboxylic acids is 1. The van der Waals surface area contributed by atoms with Gasteiger partial charge in [-0.25, -0.2) is 4.98 Å². The van der Waals surface area contributed by atoms with Crippen LogP contribution in [0.2, 0.25) is 0 Å². The molecule has 0 saturated carbocycles. The lowest BCUT2D eigenvalue weighted by Gasteiger charge is -2.19. The van der Waals surface area contributed by atoms with E-state index in [-0.39, 0.29) is 12.5 Å². The largest absolute Gasteiger partial charge is 0.480 e. The SMILES string of the molecule is CCCN(CC(=O)O)C(=O)c1ccc2c(c1)ncn2C. The quantitative estimate of drug-likeness (QED) is 0.897. The van der Waals surface area contributed by atoms with Crippen molar-refractivity contribution in [2.75, 3.05) is 13.1 Å². The second kappa shape index (κ2) is 5.73.